The number of aromatic nitrogens is 2. The van der Waals surface area contributed by atoms with Gasteiger partial charge in [0.25, 0.3) is 0 Å². The summed E-state index contributed by atoms with van der Waals surface area (Å²) in [7, 11) is 1.29. The van der Waals surface area contributed by atoms with Gasteiger partial charge in [0.15, 0.2) is 11.6 Å². The summed E-state index contributed by atoms with van der Waals surface area (Å²) >= 11 is 0. The highest BCUT2D eigenvalue weighted by Gasteiger charge is 2.39. The van der Waals surface area contributed by atoms with Crippen LogP contribution in [-0.4, -0.2) is 70.8 Å². The van der Waals surface area contributed by atoms with Crippen LogP contribution in [0, 0.1) is 11.7 Å². The number of nitrogens with zero attached hydrogens (tertiary/aromatic N) is 4. The molecule has 0 unspecified atom stereocenters. The Morgan fingerprint density at radius 3 is 2.66 bits per heavy atom. The zero-order chi connectivity index (χ0) is 27.7. The first kappa shape index (κ1) is 27.8. The topological polar surface area (TPSA) is 117 Å². The van der Waals surface area contributed by atoms with Crippen molar-refractivity contribution in [3.05, 3.63) is 41.5 Å². The smallest absolute Gasteiger partial charge is 0.416 e. The number of carbonyl (C=O) groups excluding carboxylic acids is 1. The summed E-state index contributed by atoms with van der Waals surface area (Å²) in [4.78, 5) is 22.9. The summed E-state index contributed by atoms with van der Waals surface area (Å²) in [6, 6.07) is 3.23. The predicted octanol–water partition coefficient (Wildman–Crippen LogP) is 2.78. The molecule has 0 spiro atoms. The van der Waals surface area contributed by atoms with Gasteiger partial charge in [0.05, 0.1) is 24.8 Å². The normalized spacial score (nSPS) is 22.2. The fourth-order valence-corrected chi connectivity index (χ4v) is 4.89. The fourth-order valence-electron chi connectivity index (χ4n) is 4.89. The van der Waals surface area contributed by atoms with Crippen molar-refractivity contribution in [2.75, 3.05) is 43.5 Å². The second-order valence-corrected chi connectivity index (χ2v) is 10.1. The van der Waals surface area contributed by atoms with Crippen LogP contribution in [0.3, 0.4) is 0 Å². The van der Waals surface area contributed by atoms with Gasteiger partial charge in [-0.2, -0.15) is 17.6 Å². The number of nitrogens with one attached hydrogen (secondary N) is 1. The van der Waals surface area contributed by atoms with Crippen molar-refractivity contribution in [1.82, 2.24) is 14.9 Å². The number of carbonyl (C=O) groups is 1. The van der Waals surface area contributed by atoms with Gasteiger partial charge in [-0.3, -0.25) is 9.69 Å². The largest absolute Gasteiger partial charge is 0.496 e. The first-order valence-corrected chi connectivity index (χ1v) is 12.4. The maximum atomic E-state index is 15.6. The Kier molecular flexibility index (Phi) is 7.98. The first-order chi connectivity index (χ1) is 17.9. The number of piperidine rings is 1. The van der Waals surface area contributed by atoms with E-state index >= 15 is 4.39 Å². The standard InChI is InChI=1S/C25H32F4N6O3/c1-24(37)13-34(12-20(30)36)8-7-17(24)10-31-22-21(26)23(33-14-32-22)35(18-5-6-18)11-15-3-4-16(25(27,28)29)9-19(15)38-2/h3-4,9,14,17-18,37H,5-8,10-13H2,1-2H3,(H2,30,36)(H,31,32,33)/t17-,24-/m0/s1. The number of nitrogens with two attached hydrogens (primary N) is 1. The van der Waals surface area contributed by atoms with Crippen LogP contribution in [0.5, 0.6) is 5.75 Å². The Hall–Kier alpha value is -3.19. The lowest BCUT2D eigenvalue weighted by atomic mass is 9.82. The number of methoxy groups -OCH3 is 1. The summed E-state index contributed by atoms with van der Waals surface area (Å²) in [5.74, 6) is -1.33. The molecule has 2 aliphatic rings. The molecule has 208 valence electrons. The van der Waals surface area contributed by atoms with Gasteiger partial charge in [0.2, 0.25) is 11.7 Å². The highest BCUT2D eigenvalue weighted by molar-refractivity contribution is 5.75. The number of ether oxygens (including phenoxy) is 1. The maximum absolute atomic E-state index is 15.6. The number of rotatable bonds is 10. The van der Waals surface area contributed by atoms with Gasteiger partial charge >= 0.3 is 6.18 Å². The summed E-state index contributed by atoms with van der Waals surface area (Å²) in [5.41, 5.74) is 3.78. The van der Waals surface area contributed by atoms with E-state index in [2.05, 4.69) is 15.3 Å². The highest BCUT2D eigenvalue weighted by Crippen LogP contribution is 2.38. The third-order valence-electron chi connectivity index (χ3n) is 7.10. The third-order valence-corrected chi connectivity index (χ3v) is 7.10. The van der Waals surface area contributed by atoms with E-state index in [9.17, 15) is 23.1 Å². The van der Waals surface area contributed by atoms with Crippen molar-refractivity contribution in [3.8, 4) is 5.75 Å². The Bertz CT molecular complexity index is 1160. The number of anilines is 2. The number of halogens is 4. The third kappa shape index (κ3) is 6.44. The van der Waals surface area contributed by atoms with E-state index in [1.54, 1.807) is 16.7 Å². The average molecular weight is 541 g/mol. The molecule has 2 atom stereocenters. The van der Waals surface area contributed by atoms with Crippen LogP contribution < -0.4 is 20.7 Å². The zero-order valence-corrected chi connectivity index (χ0v) is 21.3. The molecular formula is C25H32F4N6O3. The molecule has 4 N–H and O–H groups in total. The molecule has 1 amide bonds. The number of likely N-dealkylation sites (tertiary alicyclic amines) is 1. The first-order valence-electron chi connectivity index (χ1n) is 12.4. The van der Waals surface area contributed by atoms with Crippen molar-refractivity contribution < 1.29 is 32.2 Å². The van der Waals surface area contributed by atoms with Crippen molar-refractivity contribution in [2.45, 2.75) is 50.6 Å². The number of primary amides is 1. The Balaban J connectivity index is 1.49. The minimum absolute atomic E-state index is 0.0189. The molecule has 13 heteroatoms. The fraction of sp³-hybridized carbons (Fsp3) is 0.560. The molecule has 1 aromatic carbocycles. The molecule has 0 bridgehead atoms. The Morgan fingerprint density at radius 2 is 2.05 bits per heavy atom. The Morgan fingerprint density at radius 1 is 1.32 bits per heavy atom. The van der Waals surface area contributed by atoms with Gasteiger partial charge in [-0.25, -0.2) is 9.97 Å². The summed E-state index contributed by atoms with van der Waals surface area (Å²) in [6.07, 6.45) is -1.13. The van der Waals surface area contributed by atoms with Gasteiger partial charge in [0.1, 0.15) is 12.1 Å². The quantitative estimate of drug-likeness (QED) is 0.394. The molecule has 9 nitrogen and oxygen atoms in total. The van der Waals surface area contributed by atoms with Crippen LogP contribution in [0.25, 0.3) is 0 Å². The van der Waals surface area contributed by atoms with Gasteiger partial charge in [-0.05, 0) is 44.9 Å². The molecule has 2 fully saturated rings. The van der Waals surface area contributed by atoms with Crippen LogP contribution in [0.2, 0.25) is 0 Å². The van der Waals surface area contributed by atoms with Crippen LogP contribution in [0.15, 0.2) is 24.5 Å². The van der Waals surface area contributed by atoms with Crippen molar-refractivity contribution in [3.63, 3.8) is 0 Å². The zero-order valence-electron chi connectivity index (χ0n) is 21.3. The number of benzene rings is 1. The molecule has 1 aliphatic carbocycles. The summed E-state index contributed by atoms with van der Waals surface area (Å²) in [6.45, 7) is 2.88. The lowest BCUT2D eigenvalue weighted by Crippen LogP contribution is -2.55. The van der Waals surface area contributed by atoms with Gasteiger partial charge in [-0.1, -0.05) is 6.07 Å². The van der Waals surface area contributed by atoms with Crippen molar-refractivity contribution in [2.24, 2.45) is 11.7 Å². The lowest BCUT2D eigenvalue weighted by Gasteiger charge is -2.42. The van der Waals surface area contributed by atoms with E-state index in [-0.39, 0.29) is 55.5 Å². The SMILES string of the molecule is COc1cc(C(F)(F)F)ccc1CN(c1ncnc(NC[C@@H]2CCN(CC(N)=O)C[C@]2(C)O)c1F)C1CC1. The Labute approximate surface area is 218 Å². The molecule has 2 aromatic rings. The lowest BCUT2D eigenvalue weighted by molar-refractivity contribution is -0.137. The molecule has 2 heterocycles. The van der Waals surface area contributed by atoms with E-state index in [0.717, 1.165) is 25.0 Å². The number of aliphatic hydroxyl groups is 1. The van der Waals surface area contributed by atoms with E-state index in [4.69, 9.17) is 10.5 Å². The summed E-state index contributed by atoms with van der Waals surface area (Å²) in [5, 5.41) is 13.9. The number of hydrogen-bond acceptors (Lipinski definition) is 8. The molecule has 1 aromatic heterocycles. The van der Waals surface area contributed by atoms with Gasteiger partial charge < -0.3 is 25.8 Å². The number of hydrogen-bond donors (Lipinski definition) is 3. The van der Waals surface area contributed by atoms with E-state index < -0.39 is 29.1 Å². The second-order valence-electron chi connectivity index (χ2n) is 10.1. The maximum Gasteiger partial charge on any atom is 0.416 e. The minimum atomic E-state index is -4.51. The molecule has 1 saturated heterocycles. The molecular weight excluding hydrogens is 508 g/mol. The minimum Gasteiger partial charge on any atom is -0.496 e. The van der Waals surface area contributed by atoms with Crippen LogP contribution in [-0.2, 0) is 17.5 Å². The average Bonchev–Trinajstić information content (AvgIpc) is 3.67. The molecule has 38 heavy (non-hydrogen) atoms. The molecule has 0 radical (unpaired) electrons. The van der Waals surface area contributed by atoms with Crippen LogP contribution in [0.1, 0.15) is 37.3 Å². The van der Waals surface area contributed by atoms with Crippen molar-refractivity contribution >= 4 is 17.5 Å². The van der Waals surface area contributed by atoms with E-state index in [1.165, 1.54) is 19.5 Å². The monoisotopic (exact) mass is 540 g/mol. The van der Waals surface area contributed by atoms with E-state index in [1.807, 2.05) is 0 Å². The molecule has 1 aliphatic heterocycles. The predicted molar refractivity (Wildman–Crippen MR) is 132 cm³/mol. The highest BCUT2D eigenvalue weighted by atomic mass is 19.4. The number of alkyl halides is 3. The second kappa shape index (κ2) is 10.9. The van der Waals surface area contributed by atoms with Crippen molar-refractivity contribution in [1.29, 1.82) is 0 Å². The number of β-amino-alcohol motifs (C(OH)–C–C–N with tert-alkyl or cyclic N) is 1. The molecule has 4 rings (SSSR count). The van der Waals surface area contributed by atoms with Crippen LogP contribution >= 0.6 is 0 Å². The van der Waals surface area contributed by atoms with Gasteiger partial charge in [0, 0.05) is 37.2 Å². The van der Waals surface area contributed by atoms with Gasteiger partial charge in [-0.15, -0.1) is 0 Å². The summed E-state index contributed by atoms with van der Waals surface area (Å²) < 4.78 is 60.3. The van der Waals surface area contributed by atoms with Crippen LogP contribution in [0.4, 0.5) is 29.2 Å². The van der Waals surface area contributed by atoms with E-state index in [0.29, 0.717) is 18.5 Å². The molecule has 1 saturated carbocycles. The number of amides is 1.